The zero-order chi connectivity index (χ0) is 25.3. The molecule has 35 heavy (non-hydrogen) atoms. The van der Waals surface area contributed by atoms with Crippen LogP contribution in [0.15, 0.2) is 53.4 Å². The first-order valence-corrected chi connectivity index (χ1v) is 12.5. The SMILES string of the molecule is COC(=O)[C@H]1CCCN(S(=O)(=O)c2ccc(NC(=O)[C@H](C)N3C(=O)c4ccccc4C3=O)cc2)C1. The van der Waals surface area contributed by atoms with Gasteiger partial charge in [0.15, 0.2) is 0 Å². The summed E-state index contributed by atoms with van der Waals surface area (Å²) in [5.74, 6) is -2.61. The van der Waals surface area contributed by atoms with Gasteiger partial charge in [-0.05, 0) is 56.2 Å². The number of benzene rings is 2. The second kappa shape index (κ2) is 9.59. The molecule has 2 atom stereocenters. The Balaban J connectivity index is 1.44. The minimum Gasteiger partial charge on any atom is -0.469 e. The second-order valence-electron chi connectivity index (χ2n) is 8.44. The molecule has 3 amide bonds. The third-order valence-electron chi connectivity index (χ3n) is 6.27. The summed E-state index contributed by atoms with van der Waals surface area (Å²) < 4.78 is 32.1. The van der Waals surface area contributed by atoms with Gasteiger partial charge in [-0.2, -0.15) is 4.31 Å². The first-order chi connectivity index (χ1) is 16.6. The molecule has 10 nitrogen and oxygen atoms in total. The maximum Gasteiger partial charge on any atom is 0.309 e. The molecular formula is C24H25N3O7S. The van der Waals surface area contributed by atoms with Crippen LogP contribution < -0.4 is 5.32 Å². The van der Waals surface area contributed by atoms with Crippen molar-refractivity contribution in [2.75, 3.05) is 25.5 Å². The maximum absolute atomic E-state index is 13.0. The average molecular weight is 500 g/mol. The lowest BCUT2D eigenvalue weighted by Crippen LogP contribution is -2.45. The molecule has 0 aliphatic carbocycles. The highest BCUT2D eigenvalue weighted by molar-refractivity contribution is 7.89. The number of piperidine rings is 1. The van der Waals surface area contributed by atoms with Crippen molar-refractivity contribution >= 4 is 39.4 Å². The Morgan fingerprint density at radius 2 is 1.63 bits per heavy atom. The number of methoxy groups -OCH3 is 1. The van der Waals surface area contributed by atoms with Crippen LogP contribution >= 0.6 is 0 Å². The molecule has 2 aromatic rings. The Morgan fingerprint density at radius 1 is 1.03 bits per heavy atom. The highest BCUT2D eigenvalue weighted by atomic mass is 32.2. The fraction of sp³-hybridized carbons (Fsp3) is 0.333. The van der Waals surface area contributed by atoms with Gasteiger partial charge in [-0.25, -0.2) is 8.42 Å². The van der Waals surface area contributed by atoms with Gasteiger partial charge in [0.2, 0.25) is 15.9 Å². The van der Waals surface area contributed by atoms with Crippen LogP contribution in [0.5, 0.6) is 0 Å². The highest BCUT2D eigenvalue weighted by Gasteiger charge is 2.40. The van der Waals surface area contributed by atoms with E-state index < -0.39 is 45.7 Å². The Kier molecular flexibility index (Phi) is 6.73. The normalized spacial score (nSPS) is 19.3. The van der Waals surface area contributed by atoms with Gasteiger partial charge < -0.3 is 10.1 Å². The van der Waals surface area contributed by atoms with E-state index in [9.17, 15) is 27.6 Å². The number of esters is 1. The summed E-state index contributed by atoms with van der Waals surface area (Å²) in [6.45, 7) is 1.79. The quantitative estimate of drug-likeness (QED) is 0.474. The zero-order valence-electron chi connectivity index (χ0n) is 19.3. The summed E-state index contributed by atoms with van der Waals surface area (Å²) in [7, 11) is -2.57. The molecular weight excluding hydrogens is 474 g/mol. The molecule has 1 N–H and O–H groups in total. The van der Waals surface area contributed by atoms with Crippen molar-refractivity contribution in [3.63, 3.8) is 0 Å². The smallest absolute Gasteiger partial charge is 0.309 e. The van der Waals surface area contributed by atoms with Gasteiger partial charge in [-0.3, -0.25) is 24.1 Å². The first kappa shape index (κ1) is 24.6. The molecule has 1 saturated heterocycles. The van der Waals surface area contributed by atoms with Crippen molar-refractivity contribution in [2.24, 2.45) is 5.92 Å². The van der Waals surface area contributed by atoms with Crippen LogP contribution in [0.1, 0.15) is 40.5 Å². The van der Waals surface area contributed by atoms with Crippen molar-refractivity contribution in [1.82, 2.24) is 9.21 Å². The molecule has 0 radical (unpaired) electrons. The number of ether oxygens (including phenoxy) is 1. The molecule has 2 aliphatic rings. The number of nitrogens with zero attached hydrogens (tertiary/aromatic N) is 2. The summed E-state index contributed by atoms with van der Waals surface area (Å²) in [4.78, 5) is 50.8. The topological polar surface area (TPSA) is 130 Å². The van der Waals surface area contributed by atoms with Crippen LogP contribution in [0.25, 0.3) is 0 Å². The molecule has 0 saturated carbocycles. The van der Waals surface area contributed by atoms with Crippen molar-refractivity contribution in [3.8, 4) is 0 Å². The van der Waals surface area contributed by atoms with Gasteiger partial charge in [-0.15, -0.1) is 0 Å². The van der Waals surface area contributed by atoms with Crippen molar-refractivity contribution in [1.29, 1.82) is 0 Å². The van der Waals surface area contributed by atoms with Gasteiger partial charge >= 0.3 is 5.97 Å². The lowest BCUT2D eigenvalue weighted by Gasteiger charge is -2.30. The number of anilines is 1. The summed E-state index contributed by atoms with van der Waals surface area (Å²) in [6.07, 6.45) is 1.11. The summed E-state index contributed by atoms with van der Waals surface area (Å²) in [6, 6.07) is 10.9. The van der Waals surface area contributed by atoms with E-state index in [-0.39, 0.29) is 22.6 Å². The van der Waals surface area contributed by atoms with Gasteiger partial charge in [0, 0.05) is 18.8 Å². The molecule has 2 aliphatic heterocycles. The summed E-state index contributed by atoms with van der Waals surface area (Å²) in [5, 5.41) is 2.62. The standard InChI is InChI=1S/C24H25N3O7S/c1-15(27-22(29)19-7-3-4-8-20(19)23(27)30)21(28)25-17-9-11-18(12-10-17)35(32,33)26-13-5-6-16(14-26)24(31)34-2/h3-4,7-12,15-16H,5-6,13-14H2,1-2H3,(H,25,28)/t15-,16-/m0/s1. The average Bonchev–Trinajstić information content (AvgIpc) is 3.13. The van der Waals surface area contributed by atoms with Crippen LogP contribution in [-0.4, -0.2) is 67.6 Å². The van der Waals surface area contributed by atoms with Gasteiger partial charge in [0.05, 0.1) is 29.1 Å². The summed E-state index contributed by atoms with van der Waals surface area (Å²) >= 11 is 0. The molecule has 0 bridgehead atoms. The largest absolute Gasteiger partial charge is 0.469 e. The van der Waals surface area contributed by atoms with E-state index in [1.54, 1.807) is 12.1 Å². The van der Waals surface area contributed by atoms with Gasteiger partial charge in [-0.1, -0.05) is 12.1 Å². The fourth-order valence-corrected chi connectivity index (χ4v) is 5.83. The predicted octanol–water partition coefficient (Wildman–Crippen LogP) is 1.88. The molecule has 11 heteroatoms. The zero-order valence-corrected chi connectivity index (χ0v) is 20.1. The third-order valence-corrected chi connectivity index (χ3v) is 8.15. The number of carbonyl (C=O) groups excluding carboxylic acids is 4. The minimum atomic E-state index is -3.84. The third kappa shape index (κ3) is 4.56. The van der Waals surface area contributed by atoms with Crippen molar-refractivity contribution in [2.45, 2.75) is 30.7 Å². The molecule has 184 valence electrons. The number of nitrogens with one attached hydrogen (secondary N) is 1. The Bertz CT molecular complexity index is 1260. The van der Waals surface area contributed by atoms with Crippen LogP contribution in [0.4, 0.5) is 5.69 Å². The molecule has 4 rings (SSSR count). The second-order valence-corrected chi connectivity index (χ2v) is 10.4. The van der Waals surface area contributed by atoms with E-state index in [0.717, 1.165) is 4.90 Å². The molecule has 0 spiro atoms. The monoisotopic (exact) mass is 499 g/mol. The van der Waals surface area contributed by atoms with E-state index in [2.05, 4.69) is 5.32 Å². The number of carbonyl (C=O) groups is 4. The number of hydrogen-bond donors (Lipinski definition) is 1. The van der Waals surface area contributed by atoms with Crippen LogP contribution in [0.2, 0.25) is 0 Å². The Hall–Kier alpha value is -3.57. The molecule has 0 unspecified atom stereocenters. The molecule has 0 aromatic heterocycles. The van der Waals surface area contributed by atoms with E-state index in [1.807, 2.05) is 0 Å². The van der Waals surface area contributed by atoms with E-state index in [1.165, 1.54) is 54.7 Å². The van der Waals surface area contributed by atoms with Crippen molar-refractivity contribution < 1.29 is 32.3 Å². The molecule has 2 aromatic carbocycles. The van der Waals surface area contributed by atoms with E-state index in [4.69, 9.17) is 4.74 Å². The number of amides is 3. The number of fused-ring (bicyclic) bond motifs is 1. The van der Waals surface area contributed by atoms with Gasteiger partial charge in [0.25, 0.3) is 11.8 Å². The van der Waals surface area contributed by atoms with Crippen LogP contribution in [-0.2, 0) is 24.3 Å². The number of hydrogen-bond acceptors (Lipinski definition) is 7. The van der Waals surface area contributed by atoms with Crippen LogP contribution in [0.3, 0.4) is 0 Å². The van der Waals surface area contributed by atoms with Crippen LogP contribution in [0, 0.1) is 5.92 Å². The van der Waals surface area contributed by atoms with E-state index >= 15 is 0 Å². The lowest BCUT2D eigenvalue weighted by atomic mass is 10.0. The molecule has 2 heterocycles. The Morgan fingerprint density at radius 3 is 2.20 bits per heavy atom. The van der Waals surface area contributed by atoms with Gasteiger partial charge in [0.1, 0.15) is 6.04 Å². The number of sulfonamides is 1. The highest BCUT2D eigenvalue weighted by Crippen LogP contribution is 2.27. The number of rotatable bonds is 6. The Labute approximate surface area is 202 Å². The predicted molar refractivity (Wildman–Crippen MR) is 125 cm³/mol. The van der Waals surface area contributed by atoms with Crippen molar-refractivity contribution in [3.05, 3.63) is 59.7 Å². The number of imide groups is 1. The maximum atomic E-state index is 13.0. The fourth-order valence-electron chi connectivity index (χ4n) is 4.30. The summed E-state index contributed by atoms with van der Waals surface area (Å²) in [5.41, 5.74) is 0.807. The minimum absolute atomic E-state index is 0.0226. The first-order valence-electron chi connectivity index (χ1n) is 11.1. The molecule has 1 fully saturated rings. The lowest BCUT2D eigenvalue weighted by molar-refractivity contribution is -0.146. The van der Waals surface area contributed by atoms with E-state index in [0.29, 0.717) is 25.1 Å².